The number of nitrogens with one attached hydrogen (secondary N) is 2. The van der Waals surface area contributed by atoms with Gasteiger partial charge < -0.3 is 10.6 Å². The van der Waals surface area contributed by atoms with Crippen LogP contribution in [0.3, 0.4) is 0 Å². The van der Waals surface area contributed by atoms with Gasteiger partial charge in [0.2, 0.25) is 11.8 Å². The average Bonchev–Trinajstić information content (AvgIpc) is 3.19. The van der Waals surface area contributed by atoms with E-state index in [9.17, 15) is 9.59 Å². The van der Waals surface area contributed by atoms with Gasteiger partial charge in [0.25, 0.3) is 0 Å². The number of carbonyl (C=O) groups is 2. The molecule has 8 nitrogen and oxygen atoms in total. The molecule has 8 heteroatoms. The predicted molar refractivity (Wildman–Crippen MR) is 123 cm³/mol. The largest absolute Gasteiger partial charge is 0.352 e. The van der Waals surface area contributed by atoms with Gasteiger partial charge in [0.1, 0.15) is 0 Å². The standard InChI is InChI=1S/C25H24N6O2/c1-31-17-22(16-28-23(32)12-10-18-2-6-20(14-26)7-3-18)25(30-31)29-24(33)13-11-19-4-8-21(15-27)9-5-19/h2-9,17H,10-13,16H2,1H3,(H,28,32)(H,29,30,33). The zero-order chi connectivity index (χ0) is 23.6. The second kappa shape index (κ2) is 11.3. The molecule has 166 valence electrons. The SMILES string of the molecule is Cn1cc(CNC(=O)CCc2ccc(C#N)cc2)c(NC(=O)CCc2ccc(C#N)cc2)n1. The summed E-state index contributed by atoms with van der Waals surface area (Å²) in [6.45, 7) is 0.255. The van der Waals surface area contributed by atoms with Gasteiger partial charge in [0.05, 0.1) is 23.3 Å². The van der Waals surface area contributed by atoms with Gasteiger partial charge in [-0.05, 0) is 48.2 Å². The third-order valence-corrected chi connectivity index (χ3v) is 5.09. The minimum absolute atomic E-state index is 0.110. The minimum Gasteiger partial charge on any atom is -0.352 e. The Balaban J connectivity index is 1.47. The smallest absolute Gasteiger partial charge is 0.225 e. The minimum atomic E-state index is -0.175. The van der Waals surface area contributed by atoms with E-state index >= 15 is 0 Å². The van der Waals surface area contributed by atoms with Crippen molar-refractivity contribution < 1.29 is 9.59 Å². The van der Waals surface area contributed by atoms with Gasteiger partial charge in [-0.25, -0.2) is 0 Å². The van der Waals surface area contributed by atoms with E-state index < -0.39 is 0 Å². The van der Waals surface area contributed by atoms with Crippen molar-refractivity contribution in [3.63, 3.8) is 0 Å². The Morgan fingerprint density at radius 1 is 0.879 bits per heavy atom. The monoisotopic (exact) mass is 440 g/mol. The molecule has 0 aliphatic rings. The van der Waals surface area contributed by atoms with Crippen molar-refractivity contribution in [3.8, 4) is 12.1 Å². The van der Waals surface area contributed by atoms with Gasteiger partial charge in [0.15, 0.2) is 5.82 Å². The highest BCUT2D eigenvalue weighted by atomic mass is 16.2. The van der Waals surface area contributed by atoms with Gasteiger partial charge in [-0.2, -0.15) is 15.6 Å². The van der Waals surface area contributed by atoms with Gasteiger partial charge in [-0.15, -0.1) is 0 Å². The Kier molecular flexibility index (Phi) is 7.93. The average molecular weight is 441 g/mol. The van der Waals surface area contributed by atoms with Gasteiger partial charge >= 0.3 is 0 Å². The molecule has 0 saturated carbocycles. The second-order valence-corrected chi connectivity index (χ2v) is 7.62. The summed E-state index contributed by atoms with van der Waals surface area (Å²) in [6, 6.07) is 18.4. The number of rotatable bonds is 9. The lowest BCUT2D eigenvalue weighted by Gasteiger charge is -2.07. The molecular formula is C25H24N6O2. The molecule has 0 atom stereocenters. The van der Waals surface area contributed by atoms with Crippen LogP contribution in [0.1, 0.15) is 40.7 Å². The molecule has 2 N–H and O–H groups in total. The highest BCUT2D eigenvalue weighted by Crippen LogP contribution is 2.14. The number of nitrogens with zero attached hydrogens (tertiary/aromatic N) is 4. The number of nitriles is 2. The first-order valence-electron chi connectivity index (χ1n) is 10.5. The molecule has 2 amide bonds. The van der Waals surface area contributed by atoms with E-state index in [0.29, 0.717) is 36.2 Å². The quantitative estimate of drug-likeness (QED) is 0.529. The van der Waals surface area contributed by atoms with E-state index in [1.165, 1.54) is 0 Å². The Hall–Kier alpha value is -4.43. The summed E-state index contributed by atoms with van der Waals surface area (Å²) in [7, 11) is 1.75. The zero-order valence-electron chi connectivity index (χ0n) is 18.3. The molecule has 33 heavy (non-hydrogen) atoms. The summed E-state index contributed by atoms with van der Waals surface area (Å²) in [5.74, 6) is 0.141. The number of carbonyl (C=O) groups excluding carboxylic acids is 2. The van der Waals surface area contributed by atoms with Crippen LogP contribution in [0.2, 0.25) is 0 Å². The number of hydrogen-bond donors (Lipinski definition) is 2. The fourth-order valence-electron chi connectivity index (χ4n) is 3.26. The molecule has 0 aliphatic carbocycles. The number of anilines is 1. The van der Waals surface area contributed by atoms with E-state index in [-0.39, 0.29) is 24.8 Å². The Morgan fingerprint density at radius 3 is 1.91 bits per heavy atom. The third kappa shape index (κ3) is 7.05. The summed E-state index contributed by atoms with van der Waals surface area (Å²) in [4.78, 5) is 24.7. The maximum Gasteiger partial charge on any atom is 0.225 e. The zero-order valence-corrected chi connectivity index (χ0v) is 18.3. The van der Waals surface area contributed by atoms with E-state index in [0.717, 1.165) is 16.7 Å². The van der Waals surface area contributed by atoms with Gasteiger partial charge in [-0.1, -0.05) is 24.3 Å². The predicted octanol–water partition coefficient (Wildman–Crippen LogP) is 2.98. The van der Waals surface area contributed by atoms with Crippen LogP contribution in [-0.2, 0) is 36.0 Å². The first-order valence-corrected chi connectivity index (χ1v) is 10.5. The molecule has 3 aromatic rings. The number of amides is 2. The maximum absolute atomic E-state index is 12.4. The number of aryl methyl sites for hydroxylation is 3. The van der Waals surface area contributed by atoms with Crippen molar-refractivity contribution in [1.82, 2.24) is 15.1 Å². The number of hydrogen-bond acceptors (Lipinski definition) is 5. The molecule has 0 fully saturated rings. The molecule has 0 radical (unpaired) electrons. The van der Waals surface area contributed by atoms with E-state index in [2.05, 4.69) is 27.9 Å². The summed E-state index contributed by atoms with van der Waals surface area (Å²) >= 11 is 0. The van der Waals surface area contributed by atoms with Crippen LogP contribution in [0, 0.1) is 22.7 Å². The normalized spacial score (nSPS) is 10.2. The van der Waals surface area contributed by atoms with Crippen LogP contribution in [0.5, 0.6) is 0 Å². The number of aromatic nitrogens is 2. The van der Waals surface area contributed by atoms with Crippen LogP contribution >= 0.6 is 0 Å². The van der Waals surface area contributed by atoms with E-state index in [4.69, 9.17) is 10.5 Å². The van der Waals surface area contributed by atoms with Crippen molar-refractivity contribution in [1.29, 1.82) is 10.5 Å². The first-order chi connectivity index (χ1) is 16.0. The lowest BCUT2D eigenvalue weighted by molar-refractivity contribution is -0.121. The molecule has 0 spiro atoms. The molecule has 0 bridgehead atoms. The summed E-state index contributed by atoms with van der Waals surface area (Å²) < 4.78 is 1.59. The van der Waals surface area contributed by atoms with Crippen LogP contribution in [0.25, 0.3) is 0 Å². The van der Waals surface area contributed by atoms with Crippen molar-refractivity contribution in [2.24, 2.45) is 7.05 Å². The molecule has 2 aromatic carbocycles. The number of benzene rings is 2. The van der Waals surface area contributed by atoms with E-state index in [1.807, 2.05) is 24.3 Å². The topological polar surface area (TPSA) is 124 Å². The van der Waals surface area contributed by atoms with Crippen LogP contribution < -0.4 is 10.6 Å². The van der Waals surface area contributed by atoms with Crippen molar-refractivity contribution >= 4 is 17.6 Å². The second-order valence-electron chi connectivity index (χ2n) is 7.62. The van der Waals surface area contributed by atoms with E-state index in [1.54, 1.807) is 42.2 Å². The summed E-state index contributed by atoms with van der Waals surface area (Å²) in [5, 5.41) is 27.7. The Morgan fingerprint density at radius 2 is 1.39 bits per heavy atom. The highest BCUT2D eigenvalue weighted by Gasteiger charge is 2.13. The Labute approximate surface area is 192 Å². The summed E-state index contributed by atoms with van der Waals surface area (Å²) in [5.41, 5.74) is 3.85. The maximum atomic E-state index is 12.4. The molecular weight excluding hydrogens is 416 g/mol. The summed E-state index contributed by atoms with van der Waals surface area (Å²) in [6.07, 6.45) is 3.48. The third-order valence-electron chi connectivity index (χ3n) is 5.09. The van der Waals surface area contributed by atoms with Crippen molar-refractivity contribution in [2.75, 3.05) is 5.32 Å². The van der Waals surface area contributed by atoms with Crippen molar-refractivity contribution in [3.05, 3.63) is 82.5 Å². The lowest BCUT2D eigenvalue weighted by atomic mass is 10.1. The molecule has 3 rings (SSSR count). The molecule has 0 aliphatic heterocycles. The van der Waals surface area contributed by atoms with Gasteiger partial charge in [-0.3, -0.25) is 14.3 Å². The highest BCUT2D eigenvalue weighted by molar-refractivity contribution is 5.90. The lowest BCUT2D eigenvalue weighted by Crippen LogP contribution is -2.23. The fourth-order valence-corrected chi connectivity index (χ4v) is 3.26. The molecule has 0 unspecified atom stereocenters. The van der Waals surface area contributed by atoms with Crippen molar-refractivity contribution in [2.45, 2.75) is 32.2 Å². The first kappa shape index (κ1) is 23.2. The molecule has 1 aromatic heterocycles. The Bertz CT molecular complexity index is 1200. The van der Waals surface area contributed by atoms with Crippen LogP contribution in [0.15, 0.2) is 54.7 Å². The molecule has 0 saturated heterocycles. The molecule has 1 heterocycles. The fraction of sp³-hybridized carbons (Fsp3) is 0.240. The van der Waals surface area contributed by atoms with Gasteiger partial charge in [0, 0.05) is 38.2 Å². The van der Waals surface area contributed by atoms with Crippen LogP contribution in [0.4, 0.5) is 5.82 Å². The van der Waals surface area contributed by atoms with Crippen LogP contribution in [-0.4, -0.2) is 21.6 Å².